The molecule has 1 saturated heterocycles. The lowest BCUT2D eigenvalue weighted by Crippen LogP contribution is -2.42. The average Bonchev–Trinajstić information content (AvgIpc) is 2.72. The summed E-state index contributed by atoms with van der Waals surface area (Å²) in [6.07, 6.45) is 1.94. The van der Waals surface area contributed by atoms with Crippen molar-refractivity contribution < 1.29 is 14.3 Å². The molecule has 3 amide bonds. The minimum absolute atomic E-state index is 0.115. The molecule has 1 aliphatic heterocycles. The van der Waals surface area contributed by atoms with Gasteiger partial charge in [0.05, 0.1) is 0 Å². The fourth-order valence-electron chi connectivity index (χ4n) is 3.02. The Labute approximate surface area is 164 Å². The largest absolute Gasteiger partial charge is 0.483 e. The van der Waals surface area contributed by atoms with Gasteiger partial charge in [0.2, 0.25) is 0 Å². The van der Waals surface area contributed by atoms with Crippen molar-refractivity contribution in [1.82, 2.24) is 10.3 Å². The molecule has 7 heteroatoms. The molecule has 0 aromatic heterocycles. The number of piperidine rings is 1. The van der Waals surface area contributed by atoms with Crippen LogP contribution in [0.25, 0.3) is 0 Å². The number of likely N-dealkylation sites (tertiary alicyclic amines) is 1. The molecule has 7 nitrogen and oxygen atoms in total. The van der Waals surface area contributed by atoms with Gasteiger partial charge in [0.25, 0.3) is 5.91 Å². The lowest BCUT2D eigenvalue weighted by molar-refractivity contribution is -0.123. The maximum absolute atomic E-state index is 12.1. The van der Waals surface area contributed by atoms with Crippen molar-refractivity contribution in [1.29, 1.82) is 0 Å². The highest BCUT2D eigenvalue weighted by atomic mass is 16.5. The van der Waals surface area contributed by atoms with E-state index < -0.39 is 6.03 Å². The van der Waals surface area contributed by atoms with Gasteiger partial charge >= 0.3 is 6.03 Å². The zero-order chi connectivity index (χ0) is 19.8. The summed E-state index contributed by atoms with van der Waals surface area (Å²) in [5, 5.41) is 4.14. The van der Waals surface area contributed by atoms with E-state index in [0.29, 0.717) is 31.7 Å². The van der Waals surface area contributed by atoms with Crippen LogP contribution in [-0.2, 0) is 11.2 Å². The van der Waals surface area contributed by atoms with Gasteiger partial charge in [-0.05, 0) is 17.2 Å². The van der Waals surface area contributed by atoms with Crippen LogP contribution in [0.15, 0.2) is 59.7 Å². The predicted octanol–water partition coefficient (Wildman–Crippen LogP) is 2.30. The van der Waals surface area contributed by atoms with E-state index in [9.17, 15) is 9.59 Å². The number of benzene rings is 2. The van der Waals surface area contributed by atoms with Crippen molar-refractivity contribution in [3.8, 4) is 5.75 Å². The quantitative estimate of drug-likeness (QED) is 0.753. The first-order valence-electron chi connectivity index (χ1n) is 9.25. The smallest absolute Gasteiger partial charge is 0.314 e. The van der Waals surface area contributed by atoms with Gasteiger partial charge in [-0.2, -0.15) is 5.10 Å². The molecule has 0 unspecified atom stereocenters. The summed E-state index contributed by atoms with van der Waals surface area (Å²) >= 11 is 0. The topological polar surface area (TPSA) is 97.0 Å². The van der Waals surface area contributed by atoms with Crippen LogP contribution in [-0.4, -0.2) is 42.2 Å². The number of ether oxygens (including phenoxy) is 1. The first kappa shape index (κ1) is 19.4. The van der Waals surface area contributed by atoms with E-state index >= 15 is 0 Å². The summed E-state index contributed by atoms with van der Waals surface area (Å²) < 4.78 is 5.71. The van der Waals surface area contributed by atoms with Crippen LogP contribution in [0.3, 0.4) is 0 Å². The maximum Gasteiger partial charge on any atom is 0.314 e. The van der Waals surface area contributed by atoms with Gasteiger partial charge in [-0.3, -0.25) is 4.79 Å². The van der Waals surface area contributed by atoms with Gasteiger partial charge in [0.15, 0.2) is 6.61 Å². The number of carbonyl (C=O) groups excluding carboxylic acids is 2. The fourth-order valence-corrected chi connectivity index (χ4v) is 3.02. The lowest BCUT2D eigenvalue weighted by Gasteiger charge is -2.25. The Morgan fingerprint density at radius 1 is 1.04 bits per heavy atom. The fraction of sp³-hybridized carbons (Fsp3) is 0.286. The second-order valence-corrected chi connectivity index (χ2v) is 6.60. The SMILES string of the molecule is NC(=O)N1CCC(=NNC(=O)COc2ccccc2Cc2ccccc2)CC1. The van der Waals surface area contributed by atoms with E-state index in [2.05, 4.69) is 22.7 Å². The van der Waals surface area contributed by atoms with E-state index in [1.165, 1.54) is 5.56 Å². The molecular formula is C21H24N4O3. The molecule has 0 atom stereocenters. The van der Waals surface area contributed by atoms with Crippen LogP contribution >= 0.6 is 0 Å². The molecule has 3 rings (SSSR count). The van der Waals surface area contributed by atoms with E-state index in [1.807, 2.05) is 42.5 Å². The van der Waals surface area contributed by atoms with Crippen LogP contribution in [0.2, 0.25) is 0 Å². The summed E-state index contributed by atoms with van der Waals surface area (Å²) in [5.74, 6) is 0.364. The molecule has 0 aliphatic carbocycles. The Morgan fingerprint density at radius 2 is 1.71 bits per heavy atom. The van der Waals surface area contributed by atoms with Crippen LogP contribution in [0, 0.1) is 0 Å². The number of hydrazone groups is 1. The zero-order valence-electron chi connectivity index (χ0n) is 15.6. The van der Waals surface area contributed by atoms with Crippen molar-refractivity contribution in [2.75, 3.05) is 19.7 Å². The highest BCUT2D eigenvalue weighted by Gasteiger charge is 2.17. The number of nitrogens with two attached hydrogens (primary N) is 1. The highest BCUT2D eigenvalue weighted by molar-refractivity contribution is 5.88. The number of hydrogen-bond acceptors (Lipinski definition) is 4. The van der Waals surface area contributed by atoms with Crippen LogP contribution in [0.5, 0.6) is 5.75 Å². The third-order valence-corrected chi connectivity index (χ3v) is 4.56. The molecule has 3 N–H and O–H groups in total. The summed E-state index contributed by atoms with van der Waals surface area (Å²) in [6, 6.07) is 17.4. The van der Waals surface area contributed by atoms with E-state index in [4.69, 9.17) is 10.5 Å². The Balaban J connectivity index is 1.50. The number of nitrogens with zero attached hydrogens (tertiary/aromatic N) is 2. The van der Waals surface area contributed by atoms with Crippen molar-refractivity contribution in [2.45, 2.75) is 19.3 Å². The second kappa shape index (κ2) is 9.55. The molecule has 1 heterocycles. The summed E-state index contributed by atoms with van der Waals surface area (Å²) in [4.78, 5) is 24.7. The first-order valence-corrected chi connectivity index (χ1v) is 9.25. The standard InChI is InChI=1S/C21H24N4O3/c22-21(27)25-12-10-18(11-13-25)23-24-20(26)15-28-19-9-5-4-8-17(19)14-16-6-2-1-3-7-16/h1-9H,10-15H2,(H2,22,27)(H,24,26). The van der Waals surface area contributed by atoms with Gasteiger partial charge in [0.1, 0.15) is 5.75 Å². The second-order valence-electron chi connectivity index (χ2n) is 6.60. The molecule has 146 valence electrons. The van der Waals surface area contributed by atoms with Gasteiger partial charge in [0, 0.05) is 38.1 Å². The van der Waals surface area contributed by atoms with Crippen LogP contribution in [0.4, 0.5) is 4.79 Å². The number of primary amides is 1. The number of urea groups is 1. The van der Waals surface area contributed by atoms with Gasteiger partial charge in [-0.15, -0.1) is 0 Å². The third kappa shape index (κ3) is 5.57. The molecule has 0 saturated carbocycles. The molecule has 0 spiro atoms. The summed E-state index contributed by atoms with van der Waals surface area (Å²) in [7, 11) is 0. The molecule has 2 aromatic carbocycles. The number of carbonyl (C=O) groups is 2. The molecule has 1 aliphatic rings. The molecule has 2 aromatic rings. The van der Waals surface area contributed by atoms with Crippen molar-refractivity contribution >= 4 is 17.6 Å². The number of hydrogen-bond donors (Lipinski definition) is 2. The lowest BCUT2D eigenvalue weighted by atomic mass is 10.0. The first-order chi connectivity index (χ1) is 13.6. The molecule has 28 heavy (non-hydrogen) atoms. The Kier molecular flexibility index (Phi) is 6.62. The Bertz CT molecular complexity index is 842. The third-order valence-electron chi connectivity index (χ3n) is 4.56. The van der Waals surface area contributed by atoms with E-state index in [1.54, 1.807) is 4.90 Å². The number of rotatable bonds is 6. The highest BCUT2D eigenvalue weighted by Crippen LogP contribution is 2.21. The molecule has 0 bridgehead atoms. The van der Waals surface area contributed by atoms with Crippen LogP contribution < -0.4 is 15.9 Å². The predicted molar refractivity (Wildman–Crippen MR) is 107 cm³/mol. The van der Waals surface area contributed by atoms with Gasteiger partial charge in [-0.1, -0.05) is 48.5 Å². The number of amides is 3. The summed E-state index contributed by atoms with van der Waals surface area (Å²) in [5.41, 5.74) is 10.8. The van der Waals surface area contributed by atoms with Crippen molar-refractivity contribution in [3.05, 3.63) is 65.7 Å². The van der Waals surface area contributed by atoms with Crippen LogP contribution in [0.1, 0.15) is 24.0 Å². The average molecular weight is 380 g/mol. The van der Waals surface area contributed by atoms with E-state index in [-0.39, 0.29) is 12.5 Å². The molecule has 0 radical (unpaired) electrons. The minimum atomic E-state index is -0.425. The Hall–Kier alpha value is -3.35. The monoisotopic (exact) mass is 380 g/mol. The van der Waals surface area contributed by atoms with Crippen molar-refractivity contribution in [2.24, 2.45) is 10.8 Å². The minimum Gasteiger partial charge on any atom is -0.483 e. The zero-order valence-corrected chi connectivity index (χ0v) is 15.6. The summed E-state index contributed by atoms with van der Waals surface area (Å²) in [6.45, 7) is 0.927. The molecular weight excluding hydrogens is 356 g/mol. The number of para-hydroxylation sites is 1. The maximum atomic E-state index is 12.1. The normalized spacial score (nSPS) is 13.7. The van der Waals surface area contributed by atoms with Gasteiger partial charge in [-0.25, -0.2) is 10.2 Å². The Morgan fingerprint density at radius 3 is 2.43 bits per heavy atom. The van der Waals surface area contributed by atoms with Crippen molar-refractivity contribution in [3.63, 3.8) is 0 Å². The molecule has 1 fully saturated rings. The van der Waals surface area contributed by atoms with E-state index in [0.717, 1.165) is 17.7 Å². The number of nitrogens with one attached hydrogen (secondary N) is 1. The van der Waals surface area contributed by atoms with Gasteiger partial charge < -0.3 is 15.4 Å².